The SMILES string of the molecule is CC1(C)CCC(C)(C)c2cc(N(c3ccccc3)c3ccc4c(c3)C3(c5ccc(-c6ccccc6)cc5S4)C4CC5CC(C4)CC3C5)ccc21. The molecule has 0 unspecified atom stereocenters. The van der Waals surface area contributed by atoms with Crippen LogP contribution in [0, 0.1) is 23.7 Å². The summed E-state index contributed by atoms with van der Waals surface area (Å²) in [4.78, 5) is 5.51. The molecule has 1 aliphatic heterocycles. The van der Waals surface area contributed by atoms with E-state index in [4.69, 9.17) is 0 Å². The van der Waals surface area contributed by atoms with Gasteiger partial charge >= 0.3 is 0 Å². The molecule has 4 saturated carbocycles. The van der Waals surface area contributed by atoms with Crippen LogP contribution in [0.15, 0.2) is 125 Å². The molecule has 0 amide bonds. The molecule has 252 valence electrons. The zero-order chi connectivity index (χ0) is 33.8. The van der Waals surface area contributed by atoms with E-state index in [9.17, 15) is 0 Å². The van der Waals surface area contributed by atoms with Crippen molar-refractivity contribution in [2.24, 2.45) is 23.7 Å². The molecule has 1 heterocycles. The van der Waals surface area contributed by atoms with E-state index in [1.54, 1.807) is 11.1 Å². The van der Waals surface area contributed by atoms with Crippen molar-refractivity contribution in [3.63, 3.8) is 0 Å². The van der Waals surface area contributed by atoms with Gasteiger partial charge in [0.25, 0.3) is 0 Å². The van der Waals surface area contributed by atoms with Crippen LogP contribution in [0.1, 0.15) is 94.9 Å². The maximum absolute atomic E-state index is 2.65. The average molecular weight is 672 g/mol. The van der Waals surface area contributed by atoms with E-state index in [1.807, 2.05) is 11.8 Å². The van der Waals surface area contributed by atoms with Gasteiger partial charge in [-0.2, -0.15) is 0 Å². The smallest absolute Gasteiger partial charge is 0.0465 e. The molecule has 0 atom stereocenters. The summed E-state index contributed by atoms with van der Waals surface area (Å²) < 4.78 is 0. The highest BCUT2D eigenvalue weighted by Gasteiger charge is 2.60. The Morgan fingerprint density at radius 1 is 0.480 bits per heavy atom. The van der Waals surface area contributed by atoms with Gasteiger partial charge in [-0.25, -0.2) is 0 Å². The molecule has 0 aromatic heterocycles. The highest BCUT2D eigenvalue weighted by Crippen LogP contribution is 2.69. The van der Waals surface area contributed by atoms with Crippen LogP contribution < -0.4 is 4.90 Å². The summed E-state index contributed by atoms with van der Waals surface area (Å²) in [6.07, 6.45) is 9.48. The first-order valence-corrected chi connectivity index (χ1v) is 20.0. The maximum Gasteiger partial charge on any atom is 0.0465 e. The zero-order valence-electron chi connectivity index (χ0n) is 30.1. The number of nitrogens with zero attached hydrogens (tertiary/aromatic N) is 1. The highest BCUT2D eigenvalue weighted by atomic mass is 32.2. The molecule has 0 saturated heterocycles. The number of hydrogen-bond acceptors (Lipinski definition) is 2. The van der Waals surface area contributed by atoms with Crippen molar-refractivity contribution in [1.82, 2.24) is 0 Å². The summed E-state index contributed by atoms with van der Waals surface area (Å²) in [6.45, 7) is 9.76. The number of benzene rings is 5. The molecule has 50 heavy (non-hydrogen) atoms. The summed E-state index contributed by atoms with van der Waals surface area (Å²) >= 11 is 2.02. The van der Waals surface area contributed by atoms with E-state index >= 15 is 0 Å². The van der Waals surface area contributed by atoms with Crippen LogP contribution in [0.3, 0.4) is 0 Å². The predicted octanol–water partition coefficient (Wildman–Crippen LogP) is 13.4. The minimum atomic E-state index is 0.0821. The van der Waals surface area contributed by atoms with Gasteiger partial charge in [0.05, 0.1) is 0 Å². The zero-order valence-corrected chi connectivity index (χ0v) is 30.9. The van der Waals surface area contributed by atoms with Crippen LogP contribution in [-0.2, 0) is 16.2 Å². The first kappa shape index (κ1) is 31.0. The summed E-state index contributed by atoms with van der Waals surface area (Å²) in [5, 5.41) is 0. The minimum Gasteiger partial charge on any atom is -0.310 e. The number of rotatable bonds is 4. The monoisotopic (exact) mass is 671 g/mol. The molecule has 5 aliphatic carbocycles. The molecular weight excluding hydrogens is 623 g/mol. The van der Waals surface area contributed by atoms with E-state index in [1.165, 1.54) is 94.1 Å². The van der Waals surface area contributed by atoms with Gasteiger partial charge in [0, 0.05) is 32.3 Å². The number of fused-ring (bicyclic) bond motifs is 3. The van der Waals surface area contributed by atoms with Crippen LogP contribution >= 0.6 is 11.8 Å². The van der Waals surface area contributed by atoms with Crippen molar-refractivity contribution in [3.05, 3.63) is 138 Å². The third kappa shape index (κ3) is 4.59. The molecule has 0 radical (unpaired) electrons. The lowest BCUT2D eigenvalue weighted by atomic mass is 9.42. The van der Waals surface area contributed by atoms with Crippen molar-refractivity contribution in [3.8, 4) is 11.1 Å². The van der Waals surface area contributed by atoms with Gasteiger partial charge in [0.2, 0.25) is 0 Å². The van der Waals surface area contributed by atoms with Gasteiger partial charge in [0.1, 0.15) is 0 Å². The average Bonchev–Trinajstić information content (AvgIpc) is 3.12. The fourth-order valence-electron chi connectivity index (χ4n) is 11.6. The summed E-state index contributed by atoms with van der Waals surface area (Å²) in [6, 6.07) is 44.6. The molecule has 4 fully saturated rings. The van der Waals surface area contributed by atoms with Gasteiger partial charge in [-0.05, 0) is 161 Å². The van der Waals surface area contributed by atoms with Gasteiger partial charge < -0.3 is 4.90 Å². The lowest BCUT2D eigenvalue weighted by Crippen LogP contribution is -2.57. The lowest BCUT2D eigenvalue weighted by Gasteiger charge is -2.63. The Morgan fingerprint density at radius 2 is 1.06 bits per heavy atom. The highest BCUT2D eigenvalue weighted by molar-refractivity contribution is 7.99. The molecule has 1 spiro atoms. The molecule has 4 bridgehead atoms. The Morgan fingerprint density at radius 3 is 1.74 bits per heavy atom. The molecule has 5 aromatic carbocycles. The molecule has 6 aliphatic rings. The predicted molar refractivity (Wildman–Crippen MR) is 210 cm³/mol. The van der Waals surface area contributed by atoms with Crippen LogP contribution in [-0.4, -0.2) is 0 Å². The van der Waals surface area contributed by atoms with Gasteiger partial charge in [-0.1, -0.05) is 106 Å². The molecule has 0 N–H and O–H groups in total. The second kappa shape index (κ2) is 11.1. The molecule has 5 aromatic rings. The summed E-state index contributed by atoms with van der Waals surface area (Å²) in [5.41, 5.74) is 13.1. The number of para-hydroxylation sites is 1. The maximum atomic E-state index is 2.65. The molecular formula is C48H49NS. The Labute approximate surface area is 303 Å². The normalized spacial score (nSPS) is 27.8. The Kier molecular flexibility index (Phi) is 6.90. The van der Waals surface area contributed by atoms with Gasteiger partial charge in [0.15, 0.2) is 0 Å². The Bertz CT molecular complexity index is 2080. The topological polar surface area (TPSA) is 3.24 Å². The van der Waals surface area contributed by atoms with Crippen molar-refractivity contribution >= 4 is 28.8 Å². The van der Waals surface area contributed by atoms with E-state index < -0.39 is 0 Å². The van der Waals surface area contributed by atoms with Crippen molar-refractivity contribution < 1.29 is 0 Å². The van der Waals surface area contributed by atoms with E-state index in [0.717, 1.165) is 11.8 Å². The second-order valence-corrected chi connectivity index (χ2v) is 18.8. The standard InChI is InChI=1S/C48H49NS/c1-46(2)21-22-47(3,4)42-29-38(16-19-40(42)46)49(37-13-9-6-10-14-37)39-17-20-44-43(30-39)48(35-24-31-23-32(26-35)27-36(48)25-31)41-18-15-34(28-45(41)50-44)33-11-7-5-8-12-33/h5-20,28-32,35-36H,21-27H2,1-4H3. The lowest BCUT2D eigenvalue weighted by molar-refractivity contribution is -0.0443. The Hall–Kier alpha value is -3.75. The second-order valence-electron chi connectivity index (χ2n) is 17.7. The fraction of sp³-hybridized carbons (Fsp3) is 0.375. The molecule has 1 nitrogen and oxygen atoms in total. The minimum absolute atomic E-state index is 0.0821. The number of anilines is 3. The van der Waals surface area contributed by atoms with E-state index in [0.29, 0.717) is 11.8 Å². The summed E-state index contributed by atoms with van der Waals surface area (Å²) in [7, 11) is 0. The quantitative estimate of drug-likeness (QED) is 0.187. The van der Waals surface area contributed by atoms with E-state index in [2.05, 4.69) is 148 Å². The van der Waals surface area contributed by atoms with Crippen molar-refractivity contribution in [2.75, 3.05) is 4.90 Å². The van der Waals surface area contributed by atoms with Crippen LogP contribution in [0.25, 0.3) is 11.1 Å². The summed E-state index contributed by atoms with van der Waals surface area (Å²) in [5.74, 6) is 3.26. The van der Waals surface area contributed by atoms with Crippen molar-refractivity contribution in [2.45, 2.75) is 98.7 Å². The number of hydrogen-bond donors (Lipinski definition) is 0. The van der Waals surface area contributed by atoms with Gasteiger partial charge in [-0.15, -0.1) is 0 Å². The van der Waals surface area contributed by atoms with Crippen LogP contribution in [0.2, 0.25) is 0 Å². The fourth-order valence-corrected chi connectivity index (χ4v) is 12.9. The largest absolute Gasteiger partial charge is 0.310 e. The molecule has 11 rings (SSSR count). The first-order valence-electron chi connectivity index (χ1n) is 19.2. The van der Waals surface area contributed by atoms with Crippen molar-refractivity contribution in [1.29, 1.82) is 0 Å². The van der Waals surface area contributed by atoms with E-state index in [-0.39, 0.29) is 16.2 Å². The Balaban J connectivity index is 1.16. The molecule has 2 heteroatoms. The van der Waals surface area contributed by atoms with Crippen LogP contribution in [0.5, 0.6) is 0 Å². The van der Waals surface area contributed by atoms with Gasteiger partial charge in [-0.3, -0.25) is 0 Å². The third-order valence-corrected chi connectivity index (χ3v) is 15.1. The van der Waals surface area contributed by atoms with Crippen LogP contribution in [0.4, 0.5) is 17.1 Å². The first-order chi connectivity index (χ1) is 24.2. The third-order valence-electron chi connectivity index (χ3n) is 14.0.